The molecule has 0 radical (unpaired) electrons. The zero-order chi connectivity index (χ0) is 15.0. The number of hydrogen-bond acceptors (Lipinski definition) is 4. The average Bonchev–Trinajstić information content (AvgIpc) is 2.45. The van der Waals surface area contributed by atoms with Crippen molar-refractivity contribution in [1.82, 2.24) is 0 Å². The molecule has 0 aromatic heterocycles. The number of fused-ring (bicyclic) bond motifs is 4. The van der Waals surface area contributed by atoms with Gasteiger partial charge in [0.15, 0.2) is 0 Å². The van der Waals surface area contributed by atoms with Crippen LogP contribution in [0, 0.1) is 13.8 Å². The standard InChI is InChI=1S/C15H14ClO4P/c1-10-3-5-14-8-12(10)7-13-9-15(6-4-11(13)2)19-21(17,18-14)20-16/h3-6,8-9H,7H2,1-2H3. The zero-order valence-corrected chi connectivity index (χ0v) is 13.3. The zero-order valence-electron chi connectivity index (χ0n) is 11.6. The molecule has 4 bridgehead atoms. The molecule has 0 fully saturated rings. The van der Waals surface area contributed by atoms with Gasteiger partial charge in [0.1, 0.15) is 11.5 Å². The number of benzene rings is 2. The van der Waals surface area contributed by atoms with E-state index in [1.807, 2.05) is 38.1 Å². The lowest BCUT2D eigenvalue weighted by atomic mass is 9.97. The summed E-state index contributed by atoms with van der Waals surface area (Å²) in [7, 11) is -3.90. The van der Waals surface area contributed by atoms with Crippen molar-refractivity contribution in [1.29, 1.82) is 0 Å². The van der Waals surface area contributed by atoms with Gasteiger partial charge < -0.3 is 9.05 Å². The number of phosphoric acid groups is 1. The topological polar surface area (TPSA) is 44.8 Å². The maximum absolute atomic E-state index is 12.4. The number of rotatable bonds is 1. The summed E-state index contributed by atoms with van der Waals surface area (Å²) < 4.78 is 27.5. The van der Waals surface area contributed by atoms with Gasteiger partial charge in [-0.25, -0.2) is 4.57 Å². The Morgan fingerprint density at radius 3 is 1.90 bits per heavy atom. The summed E-state index contributed by atoms with van der Waals surface area (Å²) >= 11 is 5.31. The summed E-state index contributed by atoms with van der Waals surface area (Å²) in [5.41, 5.74) is 4.46. The van der Waals surface area contributed by atoms with Gasteiger partial charge in [-0.3, -0.25) is 0 Å². The Balaban J connectivity index is 2.19. The smallest absolute Gasteiger partial charge is 0.394 e. The van der Waals surface area contributed by atoms with Crippen LogP contribution in [-0.4, -0.2) is 0 Å². The predicted octanol–water partition coefficient (Wildman–Crippen LogP) is 4.94. The molecule has 3 rings (SSSR count). The fourth-order valence-corrected chi connectivity index (χ4v) is 3.31. The number of hydrogen-bond donors (Lipinski definition) is 0. The molecule has 0 unspecified atom stereocenters. The molecule has 4 nitrogen and oxygen atoms in total. The monoisotopic (exact) mass is 324 g/mol. The molecule has 2 aromatic rings. The first-order chi connectivity index (χ1) is 9.99. The fourth-order valence-electron chi connectivity index (χ4n) is 2.30. The maximum atomic E-state index is 12.4. The van der Waals surface area contributed by atoms with E-state index in [9.17, 15) is 4.57 Å². The van der Waals surface area contributed by atoms with Crippen LogP contribution in [0.3, 0.4) is 0 Å². The van der Waals surface area contributed by atoms with Gasteiger partial charge in [0.25, 0.3) is 0 Å². The van der Waals surface area contributed by atoms with Crippen LogP contribution in [0.4, 0.5) is 0 Å². The Morgan fingerprint density at radius 1 is 1.00 bits per heavy atom. The van der Waals surface area contributed by atoms with Gasteiger partial charge in [-0.1, -0.05) is 12.1 Å². The second-order valence-electron chi connectivity index (χ2n) is 5.05. The van der Waals surface area contributed by atoms with Crippen LogP contribution in [0.5, 0.6) is 11.5 Å². The highest BCUT2D eigenvalue weighted by molar-refractivity contribution is 7.50. The Kier molecular flexibility index (Phi) is 3.70. The van der Waals surface area contributed by atoms with Crippen LogP contribution in [0.25, 0.3) is 0 Å². The summed E-state index contributed by atoms with van der Waals surface area (Å²) in [6, 6.07) is 10.9. The van der Waals surface area contributed by atoms with Crippen LogP contribution in [0.15, 0.2) is 36.4 Å². The second-order valence-corrected chi connectivity index (χ2v) is 6.86. The van der Waals surface area contributed by atoms with Crippen molar-refractivity contribution in [2.45, 2.75) is 20.3 Å². The van der Waals surface area contributed by atoms with Gasteiger partial charge in [0.05, 0.1) is 11.9 Å². The summed E-state index contributed by atoms with van der Waals surface area (Å²) in [5.74, 6) is 0.810. The first-order valence-corrected chi connectivity index (χ1v) is 8.25. The first kappa shape index (κ1) is 14.5. The molecule has 0 aliphatic carbocycles. The predicted molar refractivity (Wildman–Crippen MR) is 81.0 cm³/mol. The largest absolute Gasteiger partial charge is 0.604 e. The van der Waals surface area contributed by atoms with Gasteiger partial charge in [0.2, 0.25) is 0 Å². The lowest BCUT2D eigenvalue weighted by Gasteiger charge is -2.20. The van der Waals surface area contributed by atoms with E-state index in [1.165, 1.54) is 0 Å². The highest BCUT2D eigenvalue weighted by Crippen LogP contribution is 2.51. The lowest BCUT2D eigenvalue weighted by Crippen LogP contribution is -2.05. The van der Waals surface area contributed by atoms with E-state index >= 15 is 0 Å². The van der Waals surface area contributed by atoms with Gasteiger partial charge in [0, 0.05) is 0 Å². The van der Waals surface area contributed by atoms with Crippen LogP contribution in [0.1, 0.15) is 22.3 Å². The molecular weight excluding hydrogens is 311 g/mol. The van der Waals surface area contributed by atoms with Crippen LogP contribution < -0.4 is 9.05 Å². The lowest BCUT2D eigenvalue weighted by molar-refractivity contribution is 0.307. The fraction of sp³-hybridized carbons (Fsp3) is 0.200. The molecule has 6 heteroatoms. The molecule has 1 heterocycles. The summed E-state index contributed by atoms with van der Waals surface area (Å²) in [6.45, 7) is 4.05. The molecule has 0 spiro atoms. The normalized spacial score (nSPS) is 15.8. The van der Waals surface area contributed by atoms with E-state index in [4.69, 9.17) is 20.9 Å². The molecule has 2 aromatic carbocycles. The van der Waals surface area contributed by atoms with E-state index in [0.29, 0.717) is 11.5 Å². The first-order valence-electron chi connectivity index (χ1n) is 6.48. The third-order valence-corrected chi connectivity index (χ3v) is 5.09. The molecule has 0 saturated carbocycles. The van der Waals surface area contributed by atoms with Crippen molar-refractivity contribution >= 4 is 19.7 Å². The van der Waals surface area contributed by atoms with Gasteiger partial charge >= 0.3 is 7.82 Å². The van der Waals surface area contributed by atoms with Crippen LogP contribution in [0.2, 0.25) is 0 Å². The average molecular weight is 325 g/mol. The molecule has 1 aliphatic rings. The van der Waals surface area contributed by atoms with E-state index in [1.54, 1.807) is 12.1 Å². The SMILES string of the molecule is Cc1ccc2cc1Cc1cc(ccc1C)OP(=O)(OCl)O2. The van der Waals surface area contributed by atoms with E-state index in [0.717, 1.165) is 28.7 Å². The quantitative estimate of drug-likeness (QED) is 0.697. The van der Waals surface area contributed by atoms with Crippen LogP contribution in [-0.2, 0) is 15.1 Å². The van der Waals surface area contributed by atoms with Crippen molar-refractivity contribution in [3.05, 3.63) is 58.7 Å². The molecule has 0 saturated heterocycles. The minimum atomic E-state index is -3.90. The van der Waals surface area contributed by atoms with E-state index in [2.05, 4.69) is 4.08 Å². The molecule has 0 N–H and O–H groups in total. The Hall–Kier alpha value is -1.48. The molecule has 110 valence electrons. The minimum Gasteiger partial charge on any atom is -0.394 e. The number of aryl methyl sites for hydroxylation is 2. The summed E-state index contributed by atoms with van der Waals surface area (Å²) in [4.78, 5) is 0. The Labute approximate surface area is 128 Å². The molecule has 1 aliphatic heterocycles. The second kappa shape index (κ2) is 5.38. The number of halogens is 1. The third-order valence-electron chi connectivity index (χ3n) is 3.54. The minimum absolute atomic E-state index is 0.405. The van der Waals surface area contributed by atoms with Gasteiger partial charge in [-0.05, 0) is 66.8 Å². The van der Waals surface area contributed by atoms with Crippen molar-refractivity contribution in [2.75, 3.05) is 0 Å². The highest BCUT2D eigenvalue weighted by Gasteiger charge is 2.32. The summed E-state index contributed by atoms with van der Waals surface area (Å²) in [5, 5.41) is 0. The highest BCUT2D eigenvalue weighted by atomic mass is 35.5. The molecule has 21 heavy (non-hydrogen) atoms. The van der Waals surface area contributed by atoms with Crippen LogP contribution >= 0.6 is 19.7 Å². The third kappa shape index (κ3) is 2.93. The van der Waals surface area contributed by atoms with Crippen molar-refractivity contribution in [3.8, 4) is 11.5 Å². The Morgan fingerprint density at radius 2 is 1.48 bits per heavy atom. The van der Waals surface area contributed by atoms with Gasteiger partial charge in [-0.15, -0.1) is 0 Å². The van der Waals surface area contributed by atoms with Crippen molar-refractivity contribution in [2.24, 2.45) is 0 Å². The molecule has 0 atom stereocenters. The number of phosphoric ester groups is 1. The molecular formula is C15H14ClO4P. The Bertz CT molecular complexity index is 687. The van der Waals surface area contributed by atoms with E-state index in [-0.39, 0.29) is 0 Å². The summed E-state index contributed by atoms with van der Waals surface area (Å²) in [6.07, 6.45) is 0.748. The van der Waals surface area contributed by atoms with Crippen molar-refractivity contribution < 1.29 is 17.7 Å². The molecule has 0 amide bonds. The van der Waals surface area contributed by atoms with Gasteiger partial charge in [-0.2, -0.15) is 4.08 Å². The maximum Gasteiger partial charge on any atom is 0.604 e. The van der Waals surface area contributed by atoms with Crippen molar-refractivity contribution in [3.63, 3.8) is 0 Å². The van der Waals surface area contributed by atoms with E-state index < -0.39 is 7.82 Å².